The zero-order valence-corrected chi connectivity index (χ0v) is 12.3. The van der Waals surface area contributed by atoms with Gasteiger partial charge in [-0.25, -0.2) is 4.98 Å². The monoisotopic (exact) mass is 300 g/mol. The summed E-state index contributed by atoms with van der Waals surface area (Å²) >= 11 is 7.54. The number of nitrogens with zero attached hydrogens (tertiary/aromatic N) is 1. The summed E-state index contributed by atoms with van der Waals surface area (Å²) in [5.74, 6) is 0. The molecule has 100 valence electrons. The van der Waals surface area contributed by atoms with Crippen molar-refractivity contribution in [3.8, 4) is 21.8 Å². The fourth-order valence-corrected chi connectivity index (χ4v) is 2.95. The van der Waals surface area contributed by atoms with E-state index in [0.29, 0.717) is 6.54 Å². The van der Waals surface area contributed by atoms with Gasteiger partial charge in [0.1, 0.15) is 5.01 Å². The Bertz CT molecular complexity index is 719. The number of halogens is 1. The minimum atomic E-state index is 0.544. The lowest BCUT2D eigenvalue weighted by Gasteiger charge is -2.00. The van der Waals surface area contributed by atoms with E-state index in [1.807, 2.05) is 36.4 Å². The van der Waals surface area contributed by atoms with Gasteiger partial charge in [-0.2, -0.15) is 0 Å². The van der Waals surface area contributed by atoms with Gasteiger partial charge in [-0.05, 0) is 23.8 Å². The fourth-order valence-electron chi connectivity index (χ4n) is 1.99. The molecular formula is C16H13ClN2S. The van der Waals surface area contributed by atoms with Crippen molar-refractivity contribution in [2.24, 2.45) is 5.73 Å². The van der Waals surface area contributed by atoms with Gasteiger partial charge in [0.05, 0.1) is 5.69 Å². The highest BCUT2D eigenvalue weighted by atomic mass is 35.5. The molecule has 2 nitrogen and oxygen atoms in total. The van der Waals surface area contributed by atoms with E-state index in [-0.39, 0.29) is 0 Å². The Hall–Kier alpha value is -1.68. The summed E-state index contributed by atoms with van der Waals surface area (Å²) in [5, 5.41) is 3.80. The zero-order chi connectivity index (χ0) is 13.9. The normalized spacial score (nSPS) is 10.7. The van der Waals surface area contributed by atoms with E-state index >= 15 is 0 Å². The molecule has 1 heterocycles. The Labute approximate surface area is 126 Å². The van der Waals surface area contributed by atoms with Crippen LogP contribution < -0.4 is 5.73 Å². The van der Waals surface area contributed by atoms with Crippen LogP contribution in [0, 0.1) is 0 Å². The van der Waals surface area contributed by atoms with E-state index in [4.69, 9.17) is 22.3 Å². The summed E-state index contributed by atoms with van der Waals surface area (Å²) in [5.41, 5.74) is 9.96. The lowest BCUT2D eigenvalue weighted by atomic mass is 10.1. The molecule has 0 aliphatic rings. The third-order valence-corrected chi connectivity index (χ3v) is 4.20. The maximum Gasteiger partial charge on any atom is 0.124 e. The van der Waals surface area contributed by atoms with Crippen molar-refractivity contribution in [1.29, 1.82) is 0 Å². The molecule has 4 heteroatoms. The number of rotatable bonds is 3. The molecule has 0 bridgehead atoms. The first-order valence-corrected chi connectivity index (χ1v) is 7.53. The highest BCUT2D eigenvalue weighted by molar-refractivity contribution is 7.13. The van der Waals surface area contributed by atoms with E-state index < -0.39 is 0 Å². The van der Waals surface area contributed by atoms with Crippen LogP contribution >= 0.6 is 22.9 Å². The van der Waals surface area contributed by atoms with Crippen molar-refractivity contribution in [1.82, 2.24) is 4.98 Å². The molecular weight excluding hydrogens is 288 g/mol. The Balaban J connectivity index is 1.95. The van der Waals surface area contributed by atoms with Crippen molar-refractivity contribution in [2.45, 2.75) is 6.54 Å². The second-order valence-electron chi connectivity index (χ2n) is 4.45. The van der Waals surface area contributed by atoms with Crippen LogP contribution in [0.3, 0.4) is 0 Å². The van der Waals surface area contributed by atoms with Gasteiger partial charge in [0.15, 0.2) is 0 Å². The predicted molar refractivity (Wildman–Crippen MR) is 85.9 cm³/mol. The van der Waals surface area contributed by atoms with Gasteiger partial charge in [0.25, 0.3) is 0 Å². The predicted octanol–water partition coefficient (Wildman–Crippen LogP) is 4.59. The first kappa shape index (κ1) is 13.3. The van der Waals surface area contributed by atoms with E-state index in [9.17, 15) is 0 Å². The SMILES string of the molecule is NCc1cccc(-c2csc(-c3ccc(Cl)cc3)n2)c1. The van der Waals surface area contributed by atoms with Crippen molar-refractivity contribution < 1.29 is 0 Å². The minimum absolute atomic E-state index is 0.544. The quantitative estimate of drug-likeness (QED) is 0.768. The second-order valence-corrected chi connectivity index (χ2v) is 5.74. The van der Waals surface area contributed by atoms with Gasteiger partial charge < -0.3 is 5.73 Å². The minimum Gasteiger partial charge on any atom is -0.326 e. The first-order chi connectivity index (χ1) is 9.76. The molecule has 0 unspecified atom stereocenters. The van der Waals surface area contributed by atoms with E-state index in [1.165, 1.54) is 0 Å². The molecule has 0 saturated heterocycles. The van der Waals surface area contributed by atoms with Gasteiger partial charge in [0.2, 0.25) is 0 Å². The lowest BCUT2D eigenvalue weighted by molar-refractivity contribution is 1.07. The molecule has 0 spiro atoms. The number of aromatic nitrogens is 1. The van der Waals surface area contributed by atoms with Crippen LogP contribution in [-0.2, 0) is 6.54 Å². The second kappa shape index (κ2) is 5.75. The molecule has 0 saturated carbocycles. The van der Waals surface area contributed by atoms with Gasteiger partial charge in [-0.1, -0.05) is 41.9 Å². The highest BCUT2D eigenvalue weighted by Crippen LogP contribution is 2.29. The van der Waals surface area contributed by atoms with Crippen LogP contribution in [0.25, 0.3) is 21.8 Å². The summed E-state index contributed by atoms with van der Waals surface area (Å²) in [6.07, 6.45) is 0. The summed E-state index contributed by atoms with van der Waals surface area (Å²) < 4.78 is 0. The Morgan fingerprint density at radius 1 is 1.05 bits per heavy atom. The van der Waals surface area contributed by atoms with Crippen LogP contribution in [0.15, 0.2) is 53.9 Å². The Morgan fingerprint density at radius 3 is 2.60 bits per heavy atom. The summed E-state index contributed by atoms with van der Waals surface area (Å²) in [6, 6.07) is 15.9. The van der Waals surface area contributed by atoms with E-state index in [2.05, 4.69) is 17.5 Å². The number of hydrogen-bond acceptors (Lipinski definition) is 3. The van der Waals surface area contributed by atoms with Crippen LogP contribution in [0.2, 0.25) is 5.02 Å². The lowest BCUT2D eigenvalue weighted by Crippen LogP contribution is -1.95. The highest BCUT2D eigenvalue weighted by Gasteiger charge is 2.07. The van der Waals surface area contributed by atoms with Crippen LogP contribution in [0.5, 0.6) is 0 Å². The molecule has 1 aromatic heterocycles. The number of thiazole rings is 1. The van der Waals surface area contributed by atoms with Gasteiger partial charge in [0, 0.05) is 28.1 Å². The Kier molecular flexibility index (Phi) is 3.83. The van der Waals surface area contributed by atoms with E-state index in [0.717, 1.165) is 32.4 Å². The van der Waals surface area contributed by atoms with Crippen molar-refractivity contribution in [3.05, 3.63) is 64.5 Å². The maximum atomic E-state index is 5.90. The molecule has 0 aliphatic heterocycles. The number of hydrogen-bond donors (Lipinski definition) is 1. The van der Waals surface area contributed by atoms with Gasteiger partial charge >= 0.3 is 0 Å². The molecule has 20 heavy (non-hydrogen) atoms. The summed E-state index contributed by atoms with van der Waals surface area (Å²) in [4.78, 5) is 4.69. The molecule has 0 fully saturated rings. The average Bonchev–Trinajstić information content (AvgIpc) is 2.98. The molecule has 0 aliphatic carbocycles. The van der Waals surface area contributed by atoms with Gasteiger partial charge in [-0.15, -0.1) is 11.3 Å². The zero-order valence-electron chi connectivity index (χ0n) is 10.7. The fraction of sp³-hybridized carbons (Fsp3) is 0.0625. The maximum absolute atomic E-state index is 5.90. The van der Waals surface area contributed by atoms with E-state index in [1.54, 1.807) is 11.3 Å². The van der Waals surface area contributed by atoms with Crippen LogP contribution in [0.4, 0.5) is 0 Å². The molecule has 3 aromatic rings. The van der Waals surface area contributed by atoms with Crippen molar-refractivity contribution in [3.63, 3.8) is 0 Å². The summed E-state index contributed by atoms with van der Waals surface area (Å²) in [7, 11) is 0. The van der Waals surface area contributed by atoms with Crippen molar-refractivity contribution in [2.75, 3.05) is 0 Å². The number of benzene rings is 2. The van der Waals surface area contributed by atoms with Crippen LogP contribution in [-0.4, -0.2) is 4.98 Å². The van der Waals surface area contributed by atoms with Crippen molar-refractivity contribution >= 4 is 22.9 Å². The third kappa shape index (κ3) is 2.75. The van der Waals surface area contributed by atoms with Gasteiger partial charge in [-0.3, -0.25) is 0 Å². The van der Waals surface area contributed by atoms with Crippen LogP contribution in [0.1, 0.15) is 5.56 Å². The topological polar surface area (TPSA) is 38.9 Å². The number of nitrogens with two attached hydrogens (primary N) is 1. The largest absolute Gasteiger partial charge is 0.326 e. The molecule has 3 rings (SSSR count). The molecule has 2 N–H and O–H groups in total. The summed E-state index contributed by atoms with van der Waals surface area (Å²) in [6.45, 7) is 0.544. The molecule has 0 atom stereocenters. The molecule has 2 aromatic carbocycles. The molecule has 0 amide bonds. The Morgan fingerprint density at radius 2 is 1.85 bits per heavy atom. The first-order valence-electron chi connectivity index (χ1n) is 6.27. The average molecular weight is 301 g/mol. The smallest absolute Gasteiger partial charge is 0.124 e. The molecule has 0 radical (unpaired) electrons. The third-order valence-electron chi connectivity index (χ3n) is 3.05. The standard InChI is InChI=1S/C16H13ClN2S/c17-14-6-4-12(5-7-14)16-19-15(10-20-16)13-3-1-2-11(8-13)9-18/h1-8,10H,9,18H2.